The minimum Gasteiger partial charge on any atom is -0.435 e. The molecule has 12 rings (SSSR count). The maximum absolute atomic E-state index is 6.42. The summed E-state index contributed by atoms with van der Waals surface area (Å²) in [5.41, 5.74) is 12.9. The molecule has 0 amide bonds. The van der Waals surface area contributed by atoms with E-state index in [4.69, 9.17) is 9.40 Å². The largest absolute Gasteiger partial charge is 0.435 e. The van der Waals surface area contributed by atoms with Gasteiger partial charge >= 0.3 is 0 Å². The summed E-state index contributed by atoms with van der Waals surface area (Å²) in [5.74, 6) is 0.629. The van der Waals surface area contributed by atoms with E-state index in [1.165, 1.54) is 43.8 Å². The third-order valence-corrected chi connectivity index (χ3v) is 12.2. The second-order valence-corrected chi connectivity index (χ2v) is 15.9. The maximum atomic E-state index is 6.42. The predicted octanol–water partition coefficient (Wildman–Crippen LogP) is 16.6. The quantitative estimate of drug-likeness (QED) is 0.151. The number of aromatic nitrogens is 1. The van der Waals surface area contributed by atoms with Gasteiger partial charge < -0.3 is 9.32 Å². The molecule has 3 nitrogen and oxygen atoms in total. The molecule has 1 heterocycles. The molecule has 12 aromatic rings. The van der Waals surface area contributed by atoms with Gasteiger partial charge in [0.15, 0.2) is 5.58 Å². The van der Waals surface area contributed by atoms with Gasteiger partial charge in [-0.25, -0.2) is 4.98 Å². The van der Waals surface area contributed by atoms with Crippen molar-refractivity contribution in [3.8, 4) is 44.8 Å². The fraction of sp³-hybridized carbons (Fsp3) is 0. The van der Waals surface area contributed by atoms with E-state index in [0.717, 1.165) is 66.4 Å². The Labute approximate surface area is 359 Å². The standard InChI is InChI=1S/C59H38N2O/c1-3-15-39(16-4-1)49-21-13-14-26-57(49)61(46-32-29-40(30-33-46)54-37-44-19-7-8-20-48(44)50-22-9-10-23-51(50)54)47-34-31-42-35-45(28-27-43(42)36-47)55-38-56-58(53-25-12-11-24-52(53)55)62-59(60-56)41-17-5-2-6-18-41/h1-38H. The molecule has 0 unspecified atom stereocenters. The molecule has 0 aliphatic heterocycles. The van der Waals surface area contributed by atoms with Crippen molar-refractivity contribution in [3.63, 3.8) is 0 Å². The van der Waals surface area contributed by atoms with Crippen LogP contribution >= 0.6 is 0 Å². The van der Waals surface area contributed by atoms with Crippen molar-refractivity contribution in [1.29, 1.82) is 0 Å². The van der Waals surface area contributed by atoms with E-state index in [9.17, 15) is 0 Å². The molecule has 0 spiro atoms. The van der Waals surface area contributed by atoms with Gasteiger partial charge in [0.05, 0.1) is 5.69 Å². The van der Waals surface area contributed by atoms with Gasteiger partial charge in [-0.15, -0.1) is 0 Å². The van der Waals surface area contributed by atoms with Crippen molar-refractivity contribution >= 4 is 71.3 Å². The van der Waals surface area contributed by atoms with Crippen LogP contribution in [0, 0.1) is 0 Å². The first-order chi connectivity index (χ1) is 30.7. The van der Waals surface area contributed by atoms with Crippen molar-refractivity contribution in [3.05, 3.63) is 231 Å². The maximum Gasteiger partial charge on any atom is 0.227 e. The van der Waals surface area contributed by atoms with Crippen molar-refractivity contribution in [1.82, 2.24) is 4.98 Å². The topological polar surface area (TPSA) is 29.3 Å². The summed E-state index contributed by atoms with van der Waals surface area (Å²) >= 11 is 0. The van der Waals surface area contributed by atoms with Crippen LogP contribution in [0.5, 0.6) is 0 Å². The molecule has 0 N–H and O–H groups in total. The molecule has 0 aliphatic rings. The number of benzene rings is 11. The number of nitrogens with zero attached hydrogens (tertiary/aromatic N) is 2. The van der Waals surface area contributed by atoms with E-state index < -0.39 is 0 Å². The summed E-state index contributed by atoms with van der Waals surface area (Å²) in [5, 5.41) is 9.55. The summed E-state index contributed by atoms with van der Waals surface area (Å²) < 4.78 is 6.42. The van der Waals surface area contributed by atoms with Crippen LogP contribution in [0.2, 0.25) is 0 Å². The third kappa shape index (κ3) is 6.10. The molecule has 0 fully saturated rings. The highest BCUT2D eigenvalue weighted by atomic mass is 16.3. The Morgan fingerprint density at radius 1 is 0.323 bits per heavy atom. The SMILES string of the molecule is c1ccc(-c2nc3cc(-c4ccc5cc(N(c6ccc(-c7cc8ccccc8c8ccccc78)cc6)c6ccccc6-c6ccccc6)ccc5c4)c4ccccc4c3o2)cc1. The zero-order valence-corrected chi connectivity index (χ0v) is 33.7. The first-order valence-corrected chi connectivity index (χ1v) is 21.1. The van der Waals surface area contributed by atoms with E-state index in [1.54, 1.807) is 0 Å². The zero-order chi connectivity index (χ0) is 41.0. The van der Waals surface area contributed by atoms with Crippen molar-refractivity contribution < 1.29 is 4.42 Å². The van der Waals surface area contributed by atoms with Crippen molar-refractivity contribution in [2.75, 3.05) is 4.90 Å². The van der Waals surface area contributed by atoms with Gasteiger partial charge in [0, 0.05) is 27.9 Å². The second kappa shape index (κ2) is 14.8. The smallest absolute Gasteiger partial charge is 0.227 e. The third-order valence-electron chi connectivity index (χ3n) is 12.2. The Morgan fingerprint density at radius 3 is 1.66 bits per heavy atom. The molecule has 62 heavy (non-hydrogen) atoms. The van der Waals surface area contributed by atoms with Crippen molar-refractivity contribution in [2.45, 2.75) is 0 Å². The Morgan fingerprint density at radius 2 is 0.871 bits per heavy atom. The minimum atomic E-state index is 0.629. The van der Waals surface area contributed by atoms with Crippen molar-refractivity contribution in [2.24, 2.45) is 0 Å². The molecule has 0 aliphatic carbocycles. The molecule has 290 valence electrons. The van der Waals surface area contributed by atoms with Crippen LogP contribution in [-0.2, 0) is 0 Å². The van der Waals surface area contributed by atoms with Crippen LogP contribution in [0.4, 0.5) is 17.1 Å². The molecular weight excluding hydrogens is 753 g/mol. The summed E-state index contributed by atoms with van der Waals surface area (Å²) in [4.78, 5) is 7.37. The van der Waals surface area contributed by atoms with Gasteiger partial charge in [0.2, 0.25) is 5.89 Å². The number of para-hydroxylation sites is 1. The van der Waals surface area contributed by atoms with Gasteiger partial charge in [-0.3, -0.25) is 0 Å². The van der Waals surface area contributed by atoms with Gasteiger partial charge in [-0.2, -0.15) is 0 Å². The van der Waals surface area contributed by atoms with E-state index in [0.29, 0.717) is 5.89 Å². The average molecular weight is 791 g/mol. The van der Waals surface area contributed by atoms with Gasteiger partial charge in [0.25, 0.3) is 0 Å². The van der Waals surface area contributed by atoms with E-state index in [1.807, 2.05) is 30.3 Å². The lowest BCUT2D eigenvalue weighted by molar-refractivity contribution is 0.623. The van der Waals surface area contributed by atoms with Crippen LogP contribution in [0.25, 0.3) is 99.0 Å². The molecular formula is C59H38N2O. The van der Waals surface area contributed by atoms with E-state index in [2.05, 4.69) is 205 Å². The fourth-order valence-corrected chi connectivity index (χ4v) is 9.28. The Balaban J connectivity index is 0.978. The lowest BCUT2D eigenvalue weighted by Gasteiger charge is -2.28. The van der Waals surface area contributed by atoms with Crippen LogP contribution in [0.3, 0.4) is 0 Å². The summed E-state index contributed by atoms with van der Waals surface area (Å²) in [6, 6.07) is 82.6. The zero-order valence-electron chi connectivity index (χ0n) is 33.7. The van der Waals surface area contributed by atoms with Gasteiger partial charge in [-0.1, -0.05) is 170 Å². The molecule has 0 saturated heterocycles. The first-order valence-electron chi connectivity index (χ1n) is 21.1. The fourth-order valence-electron chi connectivity index (χ4n) is 9.28. The number of hydrogen-bond donors (Lipinski definition) is 0. The molecule has 11 aromatic carbocycles. The molecule has 0 saturated carbocycles. The van der Waals surface area contributed by atoms with Gasteiger partial charge in [0.1, 0.15) is 5.52 Å². The molecule has 0 radical (unpaired) electrons. The Bertz CT molecular complexity index is 3630. The highest BCUT2D eigenvalue weighted by molar-refractivity contribution is 6.14. The monoisotopic (exact) mass is 790 g/mol. The number of rotatable bonds is 7. The highest BCUT2D eigenvalue weighted by Gasteiger charge is 2.20. The summed E-state index contributed by atoms with van der Waals surface area (Å²) in [7, 11) is 0. The van der Waals surface area contributed by atoms with Crippen LogP contribution < -0.4 is 4.90 Å². The Hall–Kier alpha value is -8.27. The van der Waals surface area contributed by atoms with Crippen LogP contribution in [-0.4, -0.2) is 4.98 Å². The number of fused-ring (bicyclic) bond motifs is 7. The lowest BCUT2D eigenvalue weighted by Crippen LogP contribution is -2.11. The molecule has 3 heteroatoms. The van der Waals surface area contributed by atoms with E-state index >= 15 is 0 Å². The molecule has 0 bridgehead atoms. The summed E-state index contributed by atoms with van der Waals surface area (Å²) in [6.45, 7) is 0. The minimum absolute atomic E-state index is 0.629. The summed E-state index contributed by atoms with van der Waals surface area (Å²) in [6.07, 6.45) is 0. The van der Waals surface area contributed by atoms with Crippen LogP contribution in [0.1, 0.15) is 0 Å². The normalized spacial score (nSPS) is 11.5. The second-order valence-electron chi connectivity index (χ2n) is 15.9. The number of anilines is 3. The first kappa shape index (κ1) is 35.7. The van der Waals surface area contributed by atoms with Crippen LogP contribution in [0.15, 0.2) is 235 Å². The van der Waals surface area contributed by atoms with Gasteiger partial charge in [-0.05, 0) is 126 Å². The molecule has 1 aromatic heterocycles. The van der Waals surface area contributed by atoms with E-state index in [-0.39, 0.29) is 0 Å². The number of oxazole rings is 1. The average Bonchev–Trinajstić information content (AvgIpc) is 3.79. The Kier molecular flexibility index (Phi) is 8.50. The lowest BCUT2D eigenvalue weighted by atomic mass is 9.93. The molecule has 0 atom stereocenters. The number of hydrogen-bond acceptors (Lipinski definition) is 3. The highest BCUT2D eigenvalue weighted by Crippen LogP contribution is 2.44. The predicted molar refractivity (Wildman–Crippen MR) is 260 cm³/mol.